The molecule has 0 atom stereocenters. The van der Waals surface area contributed by atoms with Crippen LogP contribution in [0.1, 0.15) is 5.69 Å². The van der Waals surface area contributed by atoms with E-state index in [1.165, 1.54) is 0 Å². The molecule has 13 heavy (non-hydrogen) atoms. The number of fused-ring (bicyclic) bond motifs is 1. The molecule has 4 nitrogen and oxygen atoms in total. The van der Waals surface area contributed by atoms with Crippen molar-refractivity contribution >= 4 is 11.3 Å². The second kappa shape index (κ2) is 2.79. The van der Waals surface area contributed by atoms with Crippen LogP contribution in [-0.4, -0.2) is 9.38 Å². The van der Waals surface area contributed by atoms with Crippen LogP contribution in [-0.2, 0) is 6.42 Å². The number of imidazole rings is 1. The predicted octanol–water partition coefficient (Wildman–Crippen LogP) is 0.983. The Kier molecular flexibility index (Phi) is 1.64. The highest BCUT2D eigenvalue weighted by atomic mass is 15.0. The maximum atomic E-state index is 8.48. The molecule has 0 fully saturated rings. The fourth-order valence-electron chi connectivity index (χ4n) is 1.23. The molecule has 2 aromatic heterocycles. The lowest BCUT2D eigenvalue weighted by Gasteiger charge is -1.93. The number of aromatic nitrogens is 2. The smallest absolute Gasteiger partial charge is 0.137 e. The molecule has 0 amide bonds. The van der Waals surface area contributed by atoms with Gasteiger partial charge in [-0.15, -0.1) is 0 Å². The molecule has 2 rings (SSSR count). The summed E-state index contributed by atoms with van der Waals surface area (Å²) in [7, 11) is 0. The Bertz CT molecular complexity index is 478. The normalized spacial score (nSPS) is 10.1. The number of nitrogens with two attached hydrogens (primary N) is 1. The Morgan fingerprint density at radius 1 is 1.46 bits per heavy atom. The van der Waals surface area contributed by atoms with E-state index in [4.69, 9.17) is 11.0 Å². The average molecular weight is 172 g/mol. The van der Waals surface area contributed by atoms with Crippen molar-refractivity contribution < 1.29 is 0 Å². The molecule has 64 valence electrons. The third kappa shape index (κ3) is 1.32. The summed E-state index contributed by atoms with van der Waals surface area (Å²) in [5, 5.41) is 8.48. The zero-order valence-corrected chi connectivity index (χ0v) is 6.94. The number of hydrogen-bond acceptors (Lipinski definition) is 3. The van der Waals surface area contributed by atoms with Crippen LogP contribution in [0, 0.1) is 11.3 Å². The van der Waals surface area contributed by atoms with Crippen molar-refractivity contribution in [1.29, 1.82) is 5.26 Å². The second-order valence-corrected chi connectivity index (χ2v) is 2.80. The van der Waals surface area contributed by atoms with Gasteiger partial charge in [-0.05, 0) is 12.1 Å². The van der Waals surface area contributed by atoms with Gasteiger partial charge in [-0.25, -0.2) is 4.98 Å². The summed E-state index contributed by atoms with van der Waals surface area (Å²) < 4.78 is 1.82. The highest BCUT2D eigenvalue weighted by Crippen LogP contribution is 2.08. The first-order valence-corrected chi connectivity index (χ1v) is 3.89. The molecular formula is C9H8N4. The Labute approximate surface area is 75.2 Å². The van der Waals surface area contributed by atoms with Gasteiger partial charge in [-0.1, -0.05) is 0 Å². The molecule has 0 unspecified atom stereocenters. The van der Waals surface area contributed by atoms with Crippen molar-refractivity contribution in [3.05, 3.63) is 30.2 Å². The minimum atomic E-state index is 0.335. The van der Waals surface area contributed by atoms with Gasteiger partial charge in [0.05, 0.1) is 18.2 Å². The van der Waals surface area contributed by atoms with Crippen molar-refractivity contribution in [2.75, 3.05) is 5.73 Å². The van der Waals surface area contributed by atoms with Crippen molar-refractivity contribution in [2.24, 2.45) is 0 Å². The largest absolute Gasteiger partial charge is 0.398 e. The maximum Gasteiger partial charge on any atom is 0.137 e. The van der Waals surface area contributed by atoms with Crippen LogP contribution in [0.3, 0.4) is 0 Å². The topological polar surface area (TPSA) is 67.1 Å². The van der Waals surface area contributed by atoms with E-state index in [-0.39, 0.29) is 0 Å². The highest BCUT2D eigenvalue weighted by molar-refractivity contribution is 5.48. The highest BCUT2D eigenvalue weighted by Gasteiger charge is 1.99. The summed E-state index contributed by atoms with van der Waals surface area (Å²) in [6.45, 7) is 0. The summed E-state index contributed by atoms with van der Waals surface area (Å²) in [5.74, 6) is 0. The number of rotatable bonds is 1. The third-order valence-electron chi connectivity index (χ3n) is 1.78. The Hall–Kier alpha value is -2.02. The molecule has 0 radical (unpaired) electrons. The van der Waals surface area contributed by atoms with Crippen LogP contribution in [0.4, 0.5) is 5.69 Å². The van der Waals surface area contributed by atoms with Crippen LogP contribution in [0.15, 0.2) is 24.5 Å². The van der Waals surface area contributed by atoms with E-state index in [9.17, 15) is 0 Å². The first-order valence-electron chi connectivity index (χ1n) is 3.89. The zero-order valence-electron chi connectivity index (χ0n) is 6.94. The Balaban J connectivity index is 2.57. The number of nitriles is 1. The molecule has 0 saturated heterocycles. The van der Waals surface area contributed by atoms with Crippen molar-refractivity contribution in [3.8, 4) is 6.07 Å². The standard InChI is InChI=1S/C9H8N4/c10-4-3-8-6-13-5-7(11)1-2-9(13)12-8/h1-2,5-6H,3,11H2. The van der Waals surface area contributed by atoms with Crippen molar-refractivity contribution in [1.82, 2.24) is 9.38 Å². The zero-order chi connectivity index (χ0) is 9.26. The summed E-state index contributed by atoms with van der Waals surface area (Å²) in [6, 6.07) is 5.67. The lowest BCUT2D eigenvalue weighted by Crippen LogP contribution is -1.88. The summed E-state index contributed by atoms with van der Waals surface area (Å²) in [5.41, 5.74) is 7.87. The van der Waals surface area contributed by atoms with Crippen LogP contribution in [0.5, 0.6) is 0 Å². The number of pyridine rings is 1. The average Bonchev–Trinajstić information content (AvgIpc) is 2.46. The fourth-order valence-corrected chi connectivity index (χ4v) is 1.23. The molecule has 0 bridgehead atoms. The number of nitrogen functional groups attached to an aromatic ring is 1. The molecule has 0 aliphatic rings. The van der Waals surface area contributed by atoms with Crippen LogP contribution in [0.25, 0.3) is 5.65 Å². The molecule has 0 spiro atoms. The van der Waals surface area contributed by atoms with Crippen LogP contribution >= 0.6 is 0 Å². The minimum Gasteiger partial charge on any atom is -0.398 e. The molecule has 0 aliphatic carbocycles. The van der Waals surface area contributed by atoms with Crippen LogP contribution in [0.2, 0.25) is 0 Å². The van der Waals surface area contributed by atoms with Crippen molar-refractivity contribution in [3.63, 3.8) is 0 Å². The Morgan fingerprint density at radius 3 is 3.08 bits per heavy atom. The van der Waals surface area contributed by atoms with Gasteiger partial charge in [0, 0.05) is 18.1 Å². The number of hydrogen-bond donors (Lipinski definition) is 1. The van der Waals surface area contributed by atoms with Crippen molar-refractivity contribution in [2.45, 2.75) is 6.42 Å². The molecular weight excluding hydrogens is 164 g/mol. The fraction of sp³-hybridized carbons (Fsp3) is 0.111. The predicted molar refractivity (Wildman–Crippen MR) is 48.9 cm³/mol. The van der Waals surface area contributed by atoms with Gasteiger partial charge in [0.1, 0.15) is 5.65 Å². The van der Waals surface area contributed by atoms with E-state index < -0.39 is 0 Å². The second-order valence-electron chi connectivity index (χ2n) is 2.80. The number of nitrogens with zero attached hydrogens (tertiary/aromatic N) is 3. The maximum absolute atomic E-state index is 8.48. The van der Waals surface area contributed by atoms with E-state index in [2.05, 4.69) is 11.1 Å². The lowest BCUT2D eigenvalue weighted by molar-refractivity contribution is 1.16. The van der Waals surface area contributed by atoms with E-state index >= 15 is 0 Å². The SMILES string of the molecule is N#CCc1cn2cc(N)ccc2n1. The van der Waals surface area contributed by atoms with Gasteiger partial charge in [-0.2, -0.15) is 5.26 Å². The van der Waals surface area contributed by atoms with Gasteiger partial charge in [0.15, 0.2) is 0 Å². The summed E-state index contributed by atoms with van der Waals surface area (Å²) in [4.78, 5) is 4.23. The monoisotopic (exact) mass is 172 g/mol. The molecule has 0 aliphatic heterocycles. The van der Waals surface area contributed by atoms with E-state index in [1.54, 1.807) is 12.3 Å². The van der Waals surface area contributed by atoms with Gasteiger partial charge in [-0.3, -0.25) is 0 Å². The molecule has 2 heterocycles. The summed E-state index contributed by atoms with van der Waals surface area (Å²) in [6.07, 6.45) is 3.93. The first-order chi connectivity index (χ1) is 6.29. The van der Waals surface area contributed by atoms with E-state index in [1.807, 2.05) is 16.7 Å². The van der Waals surface area contributed by atoms with Gasteiger partial charge in [0.25, 0.3) is 0 Å². The Morgan fingerprint density at radius 2 is 2.31 bits per heavy atom. The van der Waals surface area contributed by atoms with Gasteiger partial charge in [0.2, 0.25) is 0 Å². The van der Waals surface area contributed by atoms with E-state index in [0.29, 0.717) is 12.1 Å². The van der Waals surface area contributed by atoms with Crippen LogP contribution < -0.4 is 5.73 Å². The van der Waals surface area contributed by atoms with E-state index in [0.717, 1.165) is 11.3 Å². The number of anilines is 1. The third-order valence-corrected chi connectivity index (χ3v) is 1.78. The summed E-state index contributed by atoms with van der Waals surface area (Å²) >= 11 is 0. The lowest BCUT2D eigenvalue weighted by atomic mass is 10.4. The van der Waals surface area contributed by atoms with Gasteiger partial charge < -0.3 is 10.1 Å². The molecule has 0 saturated carbocycles. The molecule has 0 aromatic carbocycles. The molecule has 2 aromatic rings. The molecule has 2 N–H and O–H groups in total. The molecule has 4 heteroatoms. The minimum absolute atomic E-state index is 0.335. The first kappa shape index (κ1) is 7.62. The van der Waals surface area contributed by atoms with Gasteiger partial charge >= 0.3 is 0 Å². The quantitative estimate of drug-likeness (QED) is 0.697.